The third-order valence-electron chi connectivity index (χ3n) is 4.28. The third-order valence-corrected chi connectivity index (χ3v) is 4.28. The van der Waals surface area contributed by atoms with Crippen LogP contribution < -0.4 is 0 Å². The second kappa shape index (κ2) is 15.1. The highest BCUT2D eigenvalue weighted by molar-refractivity contribution is 5.88. The first-order chi connectivity index (χ1) is 13.2. The number of hydrogen-bond acceptors (Lipinski definition) is 6. The molecule has 0 spiro atoms. The maximum Gasteiger partial charge on any atom is 0.339 e. The van der Waals surface area contributed by atoms with E-state index >= 15 is 0 Å². The van der Waals surface area contributed by atoms with Gasteiger partial charge in [0, 0.05) is 18.8 Å². The molecule has 0 saturated heterocycles. The number of aliphatic hydroxyl groups excluding tert-OH is 1. The molecule has 1 aromatic rings. The molecule has 152 valence electrons. The molecule has 6 heteroatoms. The topological polar surface area (TPSA) is 85.7 Å². The van der Waals surface area contributed by atoms with Gasteiger partial charge in [-0.25, -0.2) is 4.79 Å². The van der Waals surface area contributed by atoms with Crippen molar-refractivity contribution in [2.75, 3.05) is 13.2 Å². The number of nitrogens with zero attached hydrogens (tertiary/aromatic N) is 1. The van der Waals surface area contributed by atoms with E-state index in [0.29, 0.717) is 12.0 Å². The van der Waals surface area contributed by atoms with Crippen LogP contribution in [0.4, 0.5) is 0 Å². The highest BCUT2D eigenvalue weighted by Gasteiger charge is 2.16. The zero-order valence-corrected chi connectivity index (χ0v) is 16.4. The number of aliphatic hydroxyl groups is 1. The fourth-order valence-corrected chi connectivity index (χ4v) is 2.68. The van der Waals surface area contributed by atoms with E-state index in [1.807, 2.05) is 0 Å². The highest BCUT2D eigenvalue weighted by Crippen LogP contribution is 2.11. The molecule has 0 aliphatic rings. The molecule has 1 heterocycles. The first-order valence-corrected chi connectivity index (χ1v) is 10.0. The number of carbonyl (C=O) groups excluding carboxylic acids is 2. The average Bonchev–Trinajstić information content (AvgIpc) is 2.70. The Morgan fingerprint density at radius 2 is 1.74 bits per heavy atom. The number of esters is 2. The largest absolute Gasteiger partial charge is 0.458 e. The van der Waals surface area contributed by atoms with E-state index in [2.05, 4.69) is 11.9 Å². The molecule has 27 heavy (non-hydrogen) atoms. The van der Waals surface area contributed by atoms with Crippen LogP contribution in [-0.4, -0.2) is 41.3 Å². The Morgan fingerprint density at radius 1 is 1.07 bits per heavy atom. The smallest absolute Gasteiger partial charge is 0.339 e. The first kappa shape index (κ1) is 23.1. The molecule has 1 N–H and O–H groups in total. The molecular formula is C21H33NO5. The molecule has 0 aromatic carbocycles. The van der Waals surface area contributed by atoms with E-state index < -0.39 is 12.1 Å². The van der Waals surface area contributed by atoms with E-state index in [1.54, 1.807) is 18.3 Å². The van der Waals surface area contributed by atoms with Crippen LogP contribution >= 0.6 is 0 Å². The van der Waals surface area contributed by atoms with Gasteiger partial charge in [-0.2, -0.15) is 0 Å². The van der Waals surface area contributed by atoms with Crippen molar-refractivity contribution in [3.05, 3.63) is 30.1 Å². The van der Waals surface area contributed by atoms with Gasteiger partial charge in [-0.15, -0.1) is 0 Å². The zero-order valence-electron chi connectivity index (χ0n) is 16.4. The monoisotopic (exact) mass is 379 g/mol. The standard InChI is InChI=1S/C21H33NO5/c1-2-3-4-5-6-7-8-9-10-13-20(24)27-19(16-23)17-26-21(25)18-12-11-14-22-15-18/h11-12,14-15,19,23H,2-10,13,16-17H2,1H3. The van der Waals surface area contributed by atoms with Crippen LogP contribution in [0.25, 0.3) is 0 Å². The Balaban J connectivity index is 2.10. The van der Waals surface area contributed by atoms with Crippen LogP contribution in [0.15, 0.2) is 24.5 Å². The fraction of sp³-hybridized carbons (Fsp3) is 0.667. The van der Waals surface area contributed by atoms with Crippen molar-refractivity contribution in [2.45, 2.75) is 77.2 Å². The van der Waals surface area contributed by atoms with Gasteiger partial charge in [0.05, 0.1) is 12.2 Å². The Kier molecular flexibility index (Phi) is 12.9. The maximum atomic E-state index is 11.9. The van der Waals surface area contributed by atoms with E-state index in [0.717, 1.165) is 19.3 Å². The van der Waals surface area contributed by atoms with Crippen molar-refractivity contribution in [3.63, 3.8) is 0 Å². The number of carbonyl (C=O) groups is 2. The predicted molar refractivity (Wildman–Crippen MR) is 103 cm³/mol. The van der Waals surface area contributed by atoms with E-state index in [-0.39, 0.29) is 19.2 Å². The maximum absolute atomic E-state index is 11.9. The molecule has 0 bridgehead atoms. The van der Waals surface area contributed by atoms with Gasteiger partial charge in [0.2, 0.25) is 0 Å². The lowest BCUT2D eigenvalue weighted by atomic mass is 10.1. The van der Waals surface area contributed by atoms with E-state index in [1.165, 1.54) is 44.7 Å². The van der Waals surface area contributed by atoms with Crippen LogP contribution in [0.5, 0.6) is 0 Å². The summed E-state index contributed by atoms with van der Waals surface area (Å²) in [7, 11) is 0. The van der Waals surface area contributed by atoms with Crippen LogP contribution in [-0.2, 0) is 14.3 Å². The summed E-state index contributed by atoms with van der Waals surface area (Å²) in [5.74, 6) is -0.925. The summed E-state index contributed by atoms with van der Waals surface area (Å²) in [6, 6.07) is 3.21. The van der Waals surface area contributed by atoms with Crippen molar-refractivity contribution in [3.8, 4) is 0 Å². The summed E-state index contributed by atoms with van der Waals surface area (Å²) < 4.78 is 10.2. The number of ether oxygens (including phenoxy) is 2. The van der Waals surface area contributed by atoms with Gasteiger partial charge < -0.3 is 14.6 Å². The molecule has 0 aliphatic heterocycles. The minimum absolute atomic E-state index is 0.173. The number of rotatable bonds is 15. The fourth-order valence-electron chi connectivity index (χ4n) is 2.68. The molecule has 1 unspecified atom stereocenters. The number of unbranched alkanes of at least 4 members (excludes halogenated alkanes) is 8. The Labute approximate surface area is 162 Å². The molecule has 1 aromatic heterocycles. The van der Waals surface area contributed by atoms with Gasteiger partial charge in [-0.3, -0.25) is 9.78 Å². The molecule has 0 saturated carbocycles. The van der Waals surface area contributed by atoms with Crippen LogP contribution in [0.1, 0.15) is 81.5 Å². The summed E-state index contributed by atoms with van der Waals surface area (Å²) >= 11 is 0. The minimum Gasteiger partial charge on any atom is -0.458 e. The van der Waals surface area contributed by atoms with Crippen molar-refractivity contribution in [1.82, 2.24) is 4.98 Å². The van der Waals surface area contributed by atoms with Gasteiger partial charge in [-0.05, 0) is 18.6 Å². The highest BCUT2D eigenvalue weighted by atomic mass is 16.6. The van der Waals surface area contributed by atoms with Gasteiger partial charge >= 0.3 is 11.9 Å². The number of hydrogen-bond donors (Lipinski definition) is 1. The van der Waals surface area contributed by atoms with Gasteiger partial charge in [0.1, 0.15) is 6.61 Å². The van der Waals surface area contributed by atoms with Gasteiger partial charge in [0.25, 0.3) is 0 Å². The molecule has 0 fully saturated rings. The lowest BCUT2D eigenvalue weighted by Gasteiger charge is -2.15. The summed E-state index contributed by atoms with van der Waals surface area (Å²) in [5.41, 5.74) is 0.315. The second-order valence-electron chi connectivity index (χ2n) is 6.71. The Hall–Kier alpha value is -1.95. The molecule has 1 atom stereocenters. The first-order valence-electron chi connectivity index (χ1n) is 10.0. The van der Waals surface area contributed by atoms with Crippen molar-refractivity contribution >= 4 is 11.9 Å². The zero-order chi connectivity index (χ0) is 19.7. The lowest BCUT2D eigenvalue weighted by Crippen LogP contribution is -2.28. The minimum atomic E-state index is -0.836. The molecule has 0 radical (unpaired) electrons. The third kappa shape index (κ3) is 11.4. The average molecular weight is 379 g/mol. The normalized spacial score (nSPS) is 11.8. The Bertz CT molecular complexity index is 521. The summed E-state index contributed by atoms with van der Waals surface area (Å²) in [5, 5.41) is 9.31. The molecular weight excluding hydrogens is 346 g/mol. The SMILES string of the molecule is CCCCCCCCCCCC(=O)OC(CO)COC(=O)c1cccnc1. The van der Waals surface area contributed by atoms with Crippen molar-refractivity contribution < 1.29 is 24.2 Å². The van der Waals surface area contributed by atoms with Crippen molar-refractivity contribution in [1.29, 1.82) is 0 Å². The quantitative estimate of drug-likeness (QED) is 0.365. The Morgan fingerprint density at radius 3 is 2.33 bits per heavy atom. The summed E-state index contributed by atoms with van der Waals surface area (Å²) in [6.07, 6.45) is 13.0. The summed E-state index contributed by atoms with van der Waals surface area (Å²) in [6.45, 7) is 1.66. The van der Waals surface area contributed by atoms with Crippen LogP contribution in [0.3, 0.4) is 0 Å². The van der Waals surface area contributed by atoms with Gasteiger partial charge in [0.15, 0.2) is 6.10 Å². The number of aromatic nitrogens is 1. The van der Waals surface area contributed by atoms with Crippen molar-refractivity contribution in [2.24, 2.45) is 0 Å². The van der Waals surface area contributed by atoms with E-state index in [9.17, 15) is 14.7 Å². The molecule has 0 amide bonds. The molecule has 0 aliphatic carbocycles. The molecule has 6 nitrogen and oxygen atoms in total. The van der Waals surface area contributed by atoms with Gasteiger partial charge in [-0.1, -0.05) is 58.3 Å². The van der Waals surface area contributed by atoms with Crippen LogP contribution in [0, 0.1) is 0 Å². The predicted octanol–water partition coefficient (Wildman–Crippen LogP) is 4.06. The number of pyridine rings is 1. The van der Waals surface area contributed by atoms with Crippen LogP contribution in [0.2, 0.25) is 0 Å². The lowest BCUT2D eigenvalue weighted by molar-refractivity contribution is -0.153. The molecule has 1 rings (SSSR count). The summed E-state index contributed by atoms with van der Waals surface area (Å²) in [4.78, 5) is 27.5. The second-order valence-corrected chi connectivity index (χ2v) is 6.71. The van der Waals surface area contributed by atoms with E-state index in [4.69, 9.17) is 9.47 Å².